The monoisotopic (exact) mass is 255 g/mol. The molecule has 0 aromatic heterocycles. The number of hydrogen-bond acceptors (Lipinski definition) is 3. The molecule has 0 radical (unpaired) electrons. The standard InChI is InChI=1S/C14H25NO3/c1-13(2,3)18-12(16)15-11-7-10-5-4-6-14(17,8-10)9-11/h10-11,17H,4-9H2,1-3H3,(H,15,16)/t10-,11-,14-/m1/s1. The van der Waals surface area contributed by atoms with Crippen molar-refractivity contribution >= 4 is 6.09 Å². The first-order chi connectivity index (χ1) is 8.26. The molecule has 104 valence electrons. The van der Waals surface area contributed by atoms with Crippen molar-refractivity contribution in [1.29, 1.82) is 0 Å². The highest BCUT2D eigenvalue weighted by atomic mass is 16.6. The molecule has 2 aliphatic carbocycles. The van der Waals surface area contributed by atoms with Gasteiger partial charge in [-0.25, -0.2) is 4.79 Å². The highest BCUT2D eigenvalue weighted by Gasteiger charge is 2.42. The zero-order valence-corrected chi connectivity index (χ0v) is 11.7. The Morgan fingerprint density at radius 1 is 1.39 bits per heavy atom. The van der Waals surface area contributed by atoms with Crippen molar-refractivity contribution in [3.63, 3.8) is 0 Å². The normalized spacial score (nSPS) is 36.0. The largest absolute Gasteiger partial charge is 0.444 e. The molecule has 18 heavy (non-hydrogen) atoms. The van der Waals surface area contributed by atoms with Crippen LogP contribution >= 0.6 is 0 Å². The lowest BCUT2D eigenvalue weighted by Gasteiger charge is -2.45. The Labute approximate surface area is 109 Å². The molecule has 3 atom stereocenters. The number of carbonyl (C=O) groups is 1. The van der Waals surface area contributed by atoms with Crippen molar-refractivity contribution in [2.75, 3.05) is 0 Å². The van der Waals surface area contributed by atoms with Gasteiger partial charge in [-0.05, 0) is 52.4 Å². The Kier molecular flexibility index (Phi) is 3.58. The number of hydrogen-bond donors (Lipinski definition) is 2. The van der Waals surface area contributed by atoms with Crippen molar-refractivity contribution in [3.05, 3.63) is 0 Å². The van der Waals surface area contributed by atoms with Gasteiger partial charge < -0.3 is 15.2 Å². The van der Waals surface area contributed by atoms with Crippen LogP contribution in [0.25, 0.3) is 0 Å². The summed E-state index contributed by atoms with van der Waals surface area (Å²) in [7, 11) is 0. The highest BCUT2D eigenvalue weighted by molar-refractivity contribution is 5.68. The summed E-state index contributed by atoms with van der Waals surface area (Å²) in [4.78, 5) is 11.7. The molecule has 0 heterocycles. The lowest BCUT2D eigenvalue weighted by molar-refractivity contribution is -0.0584. The van der Waals surface area contributed by atoms with Crippen LogP contribution in [-0.4, -0.2) is 28.4 Å². The highest BCUT2D eigenvalue weighted by Crippen LogP contribution is 2.42. The fourth-order valence-corrected chi connectivity index (χ4v) is 3.38. The molecule has 2 N–H and O–H groups in total. The van der Waals surface area contributed by atoms with E-state index in [1.54, 1.807) is 0 Å². The molecule has 0 aliphatic heterocycles. The molecule has 0 aromatic carbocycles. The average Bonchev–Trinajstić information content (AvgIpc) is 2.11. The Bertz CT molecular complexity index is 323. The minimum atomic E-state index is -0.555. The van der Waals surface area contributed by atoms with Gasteiger partial charge in [-0.3, -0.25) is 0 Å². The maximum Gasteiger partial charge on any atom is 0.407 e. The molecule has 2 aliphatic rings. The van der Waals surface area contributed by atoms with Crippen LogP contribution in [0.5, 0.6) is 0 Å². The second kappa shape index (κ2) is 4.72. The Morgan fingerprint density at radius 3 is 2.72 bits per heavy atom. The number of rotatable bonds is 1. The first-order valence-corrected chi connectivity index (χ1v) is 6.98. The van der Waals surface area contributed by atoms with Crippen molar-refractivity contribution in [3.8, 4) is 0 Å². The van der Waals surface area contributed by atoms with Gasteiger partial charge in [0.2, 0.25) is 0 Å². The van der Waals surface area contributed by atoms with Crippen LogP contribution in [-0.2, 0) is 4.74 Å². The fraction of sp³-hybridized carbons (Fsp3) is 0.929. The van der Waals surface area contributed by atoms with E-state index in [0.29, 0.717) is 12.3 Å². The van der Waals surface area contributed by atoms with E-state index in [1.807, 2.05) is 20.8 Å². The third-order valence-electron chi connectivity index (χ3n) is 3.89. The minimum Gasteiger partial charge on any atom is -0.444 e. The number of ether oxygens (including phenoxy) is 1. The van der Waals surface area contributed by atoms with Crippen molar-refractivity contribution in [2.45, 2.75) is 76.5 Å². The Hall–Kier alpha value is -0.770. The number of aliphatic hydroxyl groups is 1. The van der Waals surface area contributed by atoms with Crippen LogP contribution in [0.2, 0.25) is 0 Å². The Balaban J connectivity index is 1.89. The second-order valence-electron chi connectivity index (χ2n) is 6.97. The summed E-state index contributed by atoms with van der Waals surface area (Å²) in [6.45, 7) is 5.57. The molecular weight excluding hydrogens is 230 g/mol. The third kappa shape index (κ3) is 3.61. The Morgan fingerprint density at radius 2 is 2.11 bits per heavy atom. The van der Waals surface area contributed by atoms with Gasteiger partial charge in [0.1, 0.15) is 5.60 Å². The smallest absolute Gasteiger partial charge is 0.407 e. The van der Waals surface area contributed by atoms with E-state index in [1.165, 1.54) is 6.42 Å². The zero-order chi connectivity index (χ0) is 13.4. The minimum absolute atomic E-state index is 0.0592. The van der Waals surface area contributed by atoms with E-state index in [2.05, 4.69) is 5.32 Å². The van der Waals surface area contributed by atoms with E-state index >= 15 is 0 Å². The third-order valence-corrected chi connectivity index (χ3v) is 3.89. The lowest BCUT2D eigenvalue weighted by Crippen LogP contribution is -2.51. The van der Waals surface area contributed by atoms with Gasteiger partial charge in [-0.2, -0.15) is 0 Å². The van der Waals surface area contributed by atoms with Crippen LogP contribution in [0, 0.1) is 5.92 Å². The first-order valence-electron chi connectivity index (χ1n) is 6.98. The van der Waals surface area contributed by atoms with E-state index < -0.39 is 11.2 Å². The number of nitrogens with one attached hydrogen (secondary N) is 1. The first kappa shape index (κ1) is 13.7. The van der Waals surface area contributed by atoms with Gasteiger partial charge in [0.05, 0.1) is 5.60 Å². The van der Waals surface area contributed by atoms with Crippen LogP contribution in [0.1, 0.15) is 59.3 Å². The van der Waals surface area contributed by atoms with E-state index in [4.69, 9.17) is 4.74 Å². The van der Waals surface area contributed by atoms with Crippen LogP contribution < -0.4 is 5.32 Å². The summed E-state index contributed by atoms with van der Waals surface area (Å²) in [6.07, 6.45) is 5.34. The predicted octanol–water partition coefficient (Wildman–Crippen LogP) is 2.59. The second-order valence-corrected chi connectivity index (χ2v) is 6.97. The predicted molar refractivity (Wildman–Crippen MR) is 69.3 cm³/mol. The number of carbonyl (C=O) groups excluding carboxylic acids is 1. The molecule has 0 unspecified atom stereocenters. The fourth-order valence-electron chi connectivity index (χ4n) is 3.38. The molecule has 0 aromatic rings. The molecule has 1 amide bonds. The molecule has 2 fully saturated rings. The van der Waals surface area contributed by atoms with Gasteiger partial charge in [0.25, 0.3) is 0 Å². The SMILES string of the molecule is CC(C)(C)OC(=O)N[C@@H]1C[C@H]2CCC[C@@](O)(C2)C1. The van der Waals surface area contributed by atoms with Crippen molar-refractivity contribution in [1.82, 2.24) is 5.32 Å². The summed E-state index contributed by atoms with van der Waals surface area (Å²) in [5, 5.41) is 13.3. The number of fused-ring (bicyclic) bond motifs is 2. The van der Waals surface area contributed by atoms with Crippen LogP contribution in [0.3, 0.4) is 0 Å². The molecule has 2 saturated carbocycles. The quantitative estimate of drug-likeness (QED) is 0.757. The zero-order valence-electron chi connectivity index (χ0n) is 11.7. The van der Waals surface area contributed by atoms with E-state index in [-0.39, 0.29) is 12.1 Å². The van der Waals surface area contributed by atoms with Crippen LogP contribution in [0.15, 0.2) is 0 Å². The van der Waals surface area contributed by atoms with Gasteiger partial charge in [-0.15, -0.1) is 0 Å². The summed E-state index contributed by atoms with van der Waals surface area (Å²) >= 11 is 0. The number of amides is 1. The lowest BCUT2D eigenvalue weighted by atomic mass is 9.67. The van der Waals surface area contributed by atoms with Gasteiger partial charge in [0.15, 0.2) is 0 Å². The maximum atomic E-state index is 11.7. The summed E-state index contributed by atoms with van der Waals surface area (Å²) in [6, 6.07) is 0.0592. The molecule has 2 bridgehead atoms. The summed E-state index contributed by atoms with van der Waals surface area (Å²) in [5.74, 6) is 0.553. The molecule has 0 spiro atoms. The molecular formula is C14H25NO3. The molecule has 2 rings (SSSR count). The van der Waals surface area contributed by atoms with Gasteiger partial charge in [-0.1, -0.05) is 12.8 Å². The van der Waals surface area contributed by atoms with E-state index in [9.17, 15) is 9.90 Å². The number of alkyl carbamates (subject to hydrolysis) is 1. The summed E-state index contributed by atoms with van der Waals surface area (Å²) in [5.41, 5.74) is -1.02. The van der Waals surface area contributed by atoms with Crippen molar-refractivity contribution in [2.24, 2.45) is 5.92 Å². The van der Waals surface area contributed by atoms with Gasteiger partial charge in [0, 0.05) is 6.04 Å². The van der Waals surface area contributed by atoms with Crippen molar-refractivity contribution < 1.29 is 14.6 Å². The van der Waals surface area contributed by atoms with Crippen LogP contribution in [0.4, 0.5) is 4.79 Å². The summed E-state index contributed by atoms with van der Waals surface area (Å²) < 4.78 is 5.26. The van der Waals surface area contributed by atoms with E-state index in [0.717, 1.165) is 25.7 Å². The molecule has 4 heteroatoms. The maximum absolute atomic E-state index is 11.7. The molecule has 0 saturated heterocycles. The average molecular weight is 255 g/mol. The van der Waals surface area contributed by atoms with Gasteiger partial charge >= 0.3 is 6.09 Å². The topological polar surface area (TPSA) is 58.6 Å². The molecule has 4 nitrogen and oxygen atoms in total.